The average Bonchev–Trinajstić information content (AvgIpc) is 0.729. The summed E-state index contributed by atoms with van der Waals surface area (Å²) in [5.41, 5.74) is 44.2. The molecule has 0 aliphatic rings. The van der Waals surface area contributed by atoms with E-state index >= 15 is 0 Å². The van der Waals surface area contributed by atoms with E-state index in [1.165, 1.54) is 27.6 Å². The minimum absolute atomic E-state index is 0.365. The third-order valence-electron chi connectivity index (χ3n) is 20.7. The van der Waals surface area contributed by atoms with Crippen LogP contribution in [0.2, 0.25) is 25.1 Å². The van der Waals surface area contributed by atoms with Crippen molar-refractivity contribution < 1.29 is 47.7 Å². The molecule has 0 fully saturated rings. The Morgan fingerprint density at radius 1 is 0.312 bits per heavy atom. The summed E-state index contributed by atoms with van der Waals surface area (Å²) in [5.74, 6) is 1.58. The first-order chi connectivity index (χ1) is 66.5. The first-order valence-corrected chi connectivity index (χ1v) is 45.8. The maximum absolute atomic E-state index is 11.4. The van der Waals surface area contributed by atoms with E-state index in [4.69, 9.17) is 110 Å². The van der Waals surface area contributed by atoms with Crippen LogP contribution in [0.15, 0.2) is 351 Å². The second kappa shape index (κ2) is 55.3. The molecule has 26 heteroatoms. The number of fused-ring (bicyclic) bond motifs is 1. The highest BCUT2D eigenvalue weighted by Crippen LogP contribution is 2.39. The highest BCUT2D eigenvalue weighted by Gasteiger charge is 2.16. The van der Waals surface area contributed by atoms with Crippen molar-refractivity contribution in [3.63, 3.8) is 0 Å². The number of benzene rings is 15. The molecule has 5 amide bonds. The Morgan fingerprint density at radius 2 is 0.659 bits per heavy atom. The number of nitrogens with zero attached hydrogens (tertiary/aromatic N) is 5. The molecule has 0 bridgehead atoms. The van der Waals surface area contributed by atoms with Gasteiger partial charge in [0.05, 0.1) is 106 Å². The summed E-state index contributed by atoms with van der Waals surface area (Å²) in [6, 6.07) is 100. The van der Waals surface area contributed by atoms with Crippen molar-refractivity contribution in [2.45, 2.75) is 59.3 Å². The number of hydrogen-bond donors (Lipinski definition) is 5. The molecule has 0 spiro atoms. The summed E-state index contributed by atoms with van der Waals surface area (Å²) < 4.78 is 27.2. The van der Waals surface area contributed by atoms with Gasteiger partial charge in [-0.05, 0) is 273 Å². The number of aryl methyl sites for hydroxylation is 6. The summed E-state index contributed by atoms with van der Waals surface area (Å²) in [7, 11) is 8.09. The molecule has 0 radical (unpaired) electrons. The second-order valence-corrected chi connectivity index (χ2v) is 33.7. The maximum Gasteiger partial charge on any atom is 0.250 e. The summed E-state index contributed by atoms with van der Waals surface area (Å²) in [5, 5.41) is 5.58. The van der Waals surface area contributed by atoms with E-state index < -0.39 is 29.5 Å². The van der Waals surface area contributed by atoms with Crippen molar-refractivity contribution in [1.82, 2.24) is 0 Å². The molecule has 704 valence electrons. The van der Waals surface area contributed by atoms with Gasteiger partial charge in [-0.15, -0.1) is 0 Å². The van der Waals surface area contributed by atoms with Crippen LogP contribution in [-0.2, 0) is 25.7 Å². The molecule has 0 heterocycles. The van der Waals surface area contributed by atoms with Crippen LogP contribution in [0, 0.1) is 13.8 Å². The lowest BCUT2D eigenvalue weighted by atomic mass is 10.0. The standard InChI is InChI=1S/C18H14N2O.C17H18BrClO2.C17H18Cl2O2.C17H18N2O.C15H14N2O2.C14H10Cl2N2O.C14H12N2O/c19-18(21)16-7-3-4-8-17(16)20-12-13-9-10-14-5-1-2-6-15(14)11-13;1-11-4-5-12(9-15(11)19)6-7-13-8-14(18)17(21-3)16(10-13)20-2;1-11-4-5-12(8-14(11)18)6-7-13-9-15(19)17(21-3)16(10-13)20-2;1-12(2)14-9-7-13(8-10-14)11-19-16-6-4-3-5-15(16)17(18)20;1-19-12-8-6-11(7-9-12)10-17-14-5-3-2-4-13(14)15(16)18;15-10-6-5-9(12(16)7-10)8-18-13-4-2-1-3-11(13)14(17)19;15-14(17)12-8-4-5-9-13(12)16-10-11-6-2-1-3-7-11/h1-12H,(H2,19,21);2*4-5,8-10H,6-7H2,1-3H3;3-12H,1-2H3,(H2,18,20);2-10H,1H3,(H2,16,18);1-8H,(H2,17,19);1-10H,(H2,15,17). The van der Waals surface area contributed by atoms with E-state index in [0.717, 1.165) is 102 Å². The Bertz CT molecular complexity index is 6730. The lowest BCUT2D eigenvalue weighted by molar-refractivity contribution is 0.0992. The van der Waals surface area contributed by atoms with E-state index in [0.29, 0.717) is 94.3 Å². The highest BCUT2D eigenvalue weighted by molar-refractivity contribution is 9.10. The van der Waals surface area contributed by atoms with E-state index in [9.17, 15) is 24.0 Å². The van der Waals surface area contributed by atoms with E-state index in [-0.39, 0.29) is 0 Å². The molecule has 0 aromatic heterocycles. The number of hydrogen-bond acceptors (Lipinski definition) is 15. The number of methoxy groups -OCH3 is 5. The van der Waals surface area contributed by atoms with Gasteiger partial charge in [0.2, 0.25) is 0 Å². The lowest BCUT2D eigenvalue weighted by Crippen LogP contribution is -2.10. The number of halogens is 6. The molecular weight excluding hydrogens is 1900 g/mol. The van der Waals surface area contributed by atoms with Gasteiger partial charge in [0.1, 0.15) is 5.75 Å². The smallest absolute Gasteiger partial charge is 0.250 e. The molecule has 10 N–H and O–H groups in total. The molecular formula is C112H104BrCl5N10O10. The van der Waals surface area contributed by atoms with Gasteiger partial charge in [-0.1, -0.05) is 254 Å². The van der Waals surface area contributed by atoms with Gasteiger partial charge in [0.25, 0.3) is 29.5 Å². The van der Waals surface area contributed by atoms with Crippen molar-refractivity contribution in [3.05, 3.63) is 446 Å². The van der Waals surface area contributed by atoms with Crippen LogP contribution in [-0.4, -0.2) is 96.2 Å². The van der Waals surface area contributed by atoms with Crippen LogP contribution >= 0.6 is 73.9 Å². The fourth-order valence-corrected chi connectivity index (χ4v) is 15.0. The number of aliphatic imine (C=N–C) groups is 5. The van der Waals surface area contributed by atoms with Crippen LogP contribution in [0.1, 0.15) is 138 Å². The highest BCUT2D eigenvalue weighted by atomic mass is 79.9. The Morgan fingerprint density at radius 3 is 1.05 bits per heavy atom. The third-order valence-corrected chi connectivity index (χ3v) is 23.0. The van der Waals surface area contributed by atoms with Gasteiger partial charge in [-0.2, -0.15) is 0 Å². The first kappa shape index (κ1) is 107. The molecule has 0 aliphatic heterocycles. The Labute approximate surface area is 838 Å². The molecule has 138 heavy (non-hydrogen) atoms. The van der Waals surface area contributed by atoms with Gasteiger partial charge in [0, 0.05) is 51.7 Å². The molecule has 15 rings (SSSR count). The number of rotatable bonds is 27. The zero-order valence-electron chi connectivity index (χ0n) is 77.4. The summed E-state index contributed by atoms with van der Waals surface area (Å²) in [4.78, 5) is 77.9. The number of amides is 5. The Hall–Kier alpha value is -14.8. The number of ether oxygens (including phenoxy) is 5. The van der Waals surface area contributed by atoms with Crippen LogP contribution in [0.4, 0.5) is 28.4 Å². The molecule has 0 saturated heterocycles. The molecule has 0 aliphatic carbocycles. The number of primary amides is 5. The monoisotopic (exact) mass is 2000 g/mol. The fraction of sp³-hybridized carbons (Fsp3) is 0.125. The van der Waals surface area contributed by atoms with Gasteiger partial charge in [-0.3, -0.25) is 48.9 Å². The van der Waals surface area contributed by atoms with Crippen molar-refractivity contribution >= 4 is 174 Å². The Kier molecular flexibility index (Phi) is 42.8. The molecule has 15 aromatic rings. The van der Waals surface area contributed by atoms with Gasteiger partial charge >= 0.3 is 0 Å². The zero-order chi connectivity index (χ0) is 99.6. The van der Waals surface area contributed by atoms with Crippen LogP contribution in [0.25, 0.3) is 10.8 Å². The summed E-state index contributed by atoms with van der Waals surface area (Å²) in [6.45, 7) is 8.33. The normalized spacial score (nSPS) is 10.8. The molecule has 0 atom stereocenters. The predicted octanol–water partition coefficient (Wildman–Crippen LogP) is 26.6. The summed E-state index contributed by atoms with van der Waals surface area (Å²) >= 11 is 33.9. The van der Waals surface area contributed by atoms with Gasteiger partial charge < -0.3 is 52.4 Å². The van der Waals surface area contributed by atoms with Crippen LogP contribution < -0.4 is 52.4 Å². The Balaban J connectivity index is 0.000000180. The minimum atomic E-state index is -0.519. The minimum Gasteiger partial charge on any atom is -0.497 e. The SMILES string of the molecule is CC(C)c1ccc(C=Nc2ccccc2C(N)=O)cc1.COc1cc(CCc2ccc(C)c(Cl)c2)cc(Br)c1OC.COc1cc(CCc2ccc(C)c(Cl)c2)cc(Cl)c1OC.COc1ccc(C=Nc2ccccc2C(N)=O)cc1.NC(=O)c1ccccc1N=Cc1ccc(Cl)cc1Cl.NC(=O)c1ccccc1N=Cc1ccc2ccccc2c1.NC(=O)c1ccccc1N=Cc1ccccc1. The summed E-state index contributed by atoms with van der Waals surface area (Å²) in [6.07, 6.45) is 12.1. The molecule has 0 unspecified atom stereocenters. The van der Waals surface area contributed by atoms with E-state index in [1.54, 1.807) is 182 Å². The van der Waals surface area contributed by atoms with Crippen molar-refractivity contribution in [1.29, 1.82) is 0 Å². The van der Waals surface area contributed by atoms with Crippen molar-refractivity contribution in [2.75, 3.05) is 35.5 Å². The second-order valence-electron chi connectivity index (χ2n) is 30.8. The lowest BCUT2D eigenvalue weighted by Gasteiger charge is -2.12. The van der Waals surface area contributed by atoms with Crippen LogP contribution in [0.3, 0.4) is 0 Å². The quantitative estimate of drug-likeness (QED) is 0.0303. The van der Waals surface area contributed by atoms with Crippen molar-refractivity contribution in [2.24, 2.45) is 53.6 Å². The maximum atomic E-state index is 11.4. The number of carbonyl (C=O) groups is 5. The van der Waals surface area contributed by atoms with Gasteiger partial charge in [-0.25, -0.2) is 0 Å². The zero-order valence-corrected chi connectivity index (χ0v) is 82.7. The van der Waals surface area contributed by atoms with Crippen molar-refractivity contribution in [3.8, 4) is 28.7 Å². The third kappa shape index (κ3) is 33.6. The topological polar surface area (TPSA) is 323 Å². The predicted molar refractivity (Wildman–Crippen MR) is 570 cm³/mol. The molecule has 15 aromatic carbocycles. The first-order valence-electron chi connectivity index (χ1n) is 43.1. The number of nitrogens with two attached hydrogens (primary N) is 5. The molecule has 0 saturated carbocycles. The molecule has 20 nitrogen and oxygen atoms in total. The van der Waals surface area contributed by atoms with Gasteiger partial charge in [0.15, 0.2) is 23.0 Å². The fourth-order valence-electron chi connectivity index (χ4n) is 13.2. The van der Waals surface area contributed by atoms with E-state index in [2.05, 4.69) is 115 Å². The van der Waals surface area contributed by atoms with E-state index in [1.807, 2.05) is 159 Å². The number of carbonyl (C=O) groups excluding carboxylic acids is 5. The number of para-hydroxylation sites is 5. The van der Waals surface area contributed by atoms with Crippen LogP contribution in [0.5, 0.6) is 28.7 Å². The largest absolute Gasteiger partial charge is 0.497 e. The average molecular weight is 2010 g/mol.